The maximum absolute atomic E-state index is 12.0. The zero-order valence-corrected chi connectivity index (χ0v) is 11.7. The number of piperidine rings is 1. The van der Waals surface area contributed by atoms with Crippen molar-refractivity contribution in [2.24, 2.45) is 0 Å². The van der Waals surface area contributed by atoms with Crippen LogP contribution in [0.4, 0.5) is 0 Å². The average Bonchev–Trinajstić information content (AvgIpc) is 2.39. The van der Waals surface area contributed by atoms with E-state index in [2.05, 4.69) is 17.6 Å². The highest BCUT2D eigenvalue weighted by Crippen LogP contribution is 2.10. The summed E-state index contributed by atoms with van der Waals surface area (Å²) < 4.78 is 0. The molecular weight excluding hydrogens is 262 g/mol. The fourth-order valence-corrected chi connectivity index (χ4v) is 2.23. The van der Waals surface area contributed by atoms with Crippen LogP contribution in [0.2, 0.25) is 0 Å². The maximum Gasteiger partial charge on any atom is 0.251 e. The summed E-state index contributed by atoms with van der Waals surface area (Å²) >= 11 is 0. The molecule has 2 unspecified atom stereocenters. The van der Waals surface area contributed by atoms with Gasteiger partial charge in [-0.1, -0.05) is 0 Å². The third-order valence-electron chi connectivity index (χ3n) is 3.24. The van der Waals surface area contributed by atoms with Crippen LogP contribution < -0.4 is 10.6 Å². The number of amides is 1. The lowest BCUT2D eigenvalue weighted by Crippen LogP contribution is -2.46. The number of carbonyl (C=O) groups excluding carboxylic acids is 1. The molecule has 1 aliphatic heterocycles. The van der Waals surface area contributed by atoms with Gasteiger partial charge in [0.05, 0.1) is 11.6 Å². The second-order valence-electron chi connectivity index (χ2n) is 4.74. The summed E-state index contributed by atoms with van der Waals surface area (Å²) in [6.45, 7) is 3.07. The largest absolute Gasteiger partial charge is 0.349 e. The fourth-order valence-electron chi connectivity index (χ4n) is 2.23. The Morgan fingerprint density at radius 2 is 2.11 bits per heavy atom. The summed E-state index contributed by atoms with van der Waals surface area (Å²) in [5.74, 6) is -0.0569. The van der Waals surface area contributed by atoms with Crippen LogP contribution in [0.15, 0.2) is 24.3 Å². The van der Waals surface area contributed by atoms with Crippen LogP contribution in [-0.4, -0.2) is 24.5 Å². The number of hydrogen-bond donors (Lipinski definition) is 2. The summed E-state index contributed by atoms with van der Waals surface area (Å²) in [7, 11) is 0. The minimum Gasteiger partial charge on any atom is -0.349 e. The molecule has 19 heavy (non-hydrogen) atoms. The topological polar surface area (TPSA) is 64.9 Å². The summed E-state index contributed by atoms with van der Waals surface area (Å²) in [5, 5.41) is 15.1. The van der Waals surface area contributed by atoms with Crippen LogP contribution in [-0.2, 0) is 0 Å². The Bertz CT molecular complexity index is 467. The van der Waals surface area contributed by atoms with Gasteiger partial charge in [0.2, 0.25) is 0 Å². The highest BCUT2D eigenvalue weighted by atomic mass is 35.5. The van der Waals surface area contributed by atoms with Crippen LogP contribution >= 0.6 is 12.4 Å². The van der Waals surface area contributed by atoms with E-state index >= 15 is 0 Å². The number of benzene rings is 1. The first-order valence-corrected chi connectivity index (χ1v) is 6.23. The molecule has 0 radical (unpaired) electrons. The Morgan fingerprint density at radius 3 is 2.68 bits per heavy atom. The molecule has 0 spiro atoms. The number of rotatable bonds is 2. The zero-order chi connectivity index (χ0) is 13.0. The van der Waals surface area contributed by atoms with Gasteiger partial charge >= 0.3 is 0 Å². The van der Waals surface area contributed by atoms with Crippen molar-refractivity contribution >= 4 is 18.3 Å². The molecule has 1 saturated heterocycles. The molecule has 2 N–H and O–H groups in total. The minimum absolute atomic E-state index is 0. The van der Waals surface area contributed by atoms with Gasteiger partial charge in [-0.3, -0.25) is 4.79 Å². The first-order chi connectivity index (χ1) is 8.69. The number of hydrogen-bond acceptors (Lipinski definition) is 3. The van der Waals surface area contributed by atoms with Crippen molar-refractivity contribution in [3.8, 4) is 6.07 Å². The zero-order valence-electron chi connectivity index (χ0n) is 10.8. The summed E-state index contributed by atoms with van der Waals surface area (Å²) in [5.41, 5.74) is 1.18. The van der Waals surface area contributed by atoms with E-state index in [0.29, 0.717) is 17.2 Å². The average molecular weight is 280 g/mol. The monoisotopic (exact) mass is 279 g/mol. The van der Waals surface area contributed by atoms with E-state index in [9.17, 15) is 4.79 Å². The van der Waals surface area contributed by atoms with E-state index in [1.165, 1.54) is 0 Å². The summed E-state index contributed by atoms with van der Waals surface area (Å²) in [4.78, 5) is 12.0. The van der Waals surface area contributed by atoms with E-state index in [0.717, 1.165) is 19.4 Å². The van der Waals surface area contributed by atoms with E-state index in [-0.39, 0.29) is 24.4 Å². The van der Waals surface area contributed by atoms with Gasteiger partial charge in [0.15, 0.2) is 0 Å². The molecule has 1 fully saturated rings. The Hall–Kier alpha value is -1.57. The predicted molar refractivity (Wildman–Crippen MR) is 76.4 cm³/mol. The predicted octanol–water partition coefficient (Wildman–Crippen LogP) is 1.85. The molecule has 0 saturated carbocycles. The fraction of sp³-hybridized carbons (Fsp3) is 0.429. The highest BCUT2D eigenvalue weighted by Gasteiger charge is 2.20. The second kappa shape index (κ2) is 7.13. The molecular formula is C14H18ClN3O. The third-order valence-corrected chi connectivity index (χ3v) is 3.24. The van der Waals surface area contributed by atoms with Crippen molar-refractivity contribution in [3.63, 3.8) is 0 Å². The van der Waals surface area contributed by atoms with E-state index in [4.69, 9.17) is 5.26 Å². The van der Waals surface area contributed by atoms with Crippen LogP contribution in [0.25, 0.3) is 0 Å². The van der Waals surface area contributed by atoms with Crippen molar-refractivity contribution in [1.82, 2.24) is 10.6 Å². The van der Waals surface area contributed by atoms with Crippen LogP contribution in [0.5, 0.6) is 0 Å². The minimum atomic E-state index is -0.0569. The molecule has 2 rings (SSSR count). The number of nitrogens with one attached hydrogen (secondary N) is 2. The molecule has 1 heterocycles. The lowest BCUT2D eigenvalue weighted by atomic mass is 10.00. The van der Waals surface area contributed by atoms with Gasteiger partial charge in [0.25, 0.3) is 5.91 Å². The molecule has 2 atom stereocenters. The first-order valence-electron chi connectivity index (χ1n) is 6.23. The van der Waals surface area contributed by atoms with Crippen LogP contribution in [0.1, 0.15) is 35.7 Å². The Balaban J connectivity index is 0.00000180. The maximum atomic E-state index is 12.0. The lowest BCUT2D eigenvalue weighted by Gasteiger charge is -2.28. The van der Waals surface area contributed by atoms with Crippen molar-refractivity contribution in [2.75, 3.05) is 6.54 Å². The lowest BCUT2D eigenvalue weighted by molar-refractivity contribution is 0.0925. The molecule has 102 valence electrons. The molecule has 0 bridgehead atoms. The second-order valence-corrected chi connectivity index (χ2v) is 4.74. The number of carbonyl (C=O) groups is 1. The van der Waals surface area contributed by atoms with E-state index < -0.39 is 0 Å². The molecule has 4 nitrogen and oxygen atoms in total. The van der Waals surface area contributed by atoms with Gasteiger partial charge in [0.1, 0.15) is 0 Å². The molecule has 1 aliphatic rings. The highest BCUT2D eigenvalue weighted by molar-refractivity contribution is 5.94. The van der Waals surface area contributed by atoms with E-state index in [1.54, 1.807) is 24.3 Å². The molecule has 5 heteroatoms. The van der Waals surface area contributed by atoms with Gasteiger partial charge in [0, 0.05) is 17.6 Å². The van der Waals surface area contributed by atoms with Crippen LogP contribution in [0, 0.1) is 11.3 Å². The Morgan fingerprint density at radius 1 is 1.42 bits per heavy atom. The molecule has 0 aromatic heterocycles. The molecule has 1 amide bonds. The van der Waals surface area contributed by atoms with Crippen molar-refractivity contribution in [1.29, 1.82) is 5.26 Å². The molecule has 1 aromatic rings. The standard InChI is InChI=1S/C14H17N3O.ClH/c1-10-8-13(6-7-16-10)17-14(18)12-4-2-11(9-15)3-5-12;/h2-5,10,13,16H,6-8H2,1H3,(H,17,18);1H. The van der Waals surface area contributed by atoms with Crippen molar-refractivity contribution in [3.05, 3.63) is 35.4 Å². The molecule has 1 aromatic carbocycles. The number of halogens is 1. The SMILES string of the molecule is CC1CC(NC(=O)c2ccc(C#N)cc2)CCN1.Cl. The Kier molecular flexibility index (Phi) is 5.81. The quantitative estimate of drug-likeness (QED) is 0.868. The van der Waals surface area contributed by atoms with Gasteiger partial charge in [-0.2, -0.15) is 5.26 Å². The summed E-state index contributed by atoms with van der Waals surface area (Å²) in [6.07, 6.45) is 1.92. The number of nitrogens with zero attached hydrogens (tertiary/aromatic N) is 1. The van der Waals surface area contributed by atoms with Gasteiger partial charge in [-0.25, -0.2) is 0 Å². The van der Waals surface area contributed by atoms with Gasteiger partial charge in [-0.15, -0.1) is 12.4 Å². The number of nitriles is 1. The van der Waals surface area contributed by atoms with Gasteiger partial charge < -0.3 is 10.6 Å². The smallest absolute Gasteiger partial charge is 0.251 e. The Labute approximate surface area is 119 Å². The van der Waals surface area contributed by atoms with Gasteiger partial charge in [-0.05, 0) is 50.6 Å². The normalized spacial score (nSPS) is 21.9. The van der Waals surface area contributed by atoms with Crippen molar-refractivity contribution < 1.29 is 4.79 Å². The van der Waals surface area contributed by atoms with Crippen molar-refractivity contribution in [2.45, 2.75) is 31.8 Å². The molecule has 0 aliphatic carbocycles. The van der Waals surface area contributed by atoms with E-state index in [1.807, 2.05) is 6.07 Å². The third kappa shape index (κ3) is 4.23. The summed E-state index contributed by atoms with van der Waals surface area (Å²) in [6, 6.07) is 9.45. The first kappa shape index (κ1) is 15.5. The van der Waals surface area contributed by atoms with Crippen LogP contribution in [0.3, 0.4) is 0 Å².